The van der Waals surface area contributed by atoms with E-state index >= 15 is 0 Å². The molecule has 3 rings (SSSR count). The van der Waals surface area contributed by atoms with Crippen LogP contribution in [0.25, 0.3) is 0 Å². The Morgan fingerprint density at radius 2 is 1.88 bits per heavy atom. The summed E-state index contributed by atoms with van der Waals surface area (Å²) in [4.78, 5) is 28.5. The van der Waals surface area contributed by atoms with Crippen molar-refractivity contribution in [1.82, 2.24) is 15.1 Å². The van der Waals surface area contributed by atoms with Crippen molar-refractivity contribution in [2.75, 3.05) is 33.3 Å². The van der Waals surface area contributed by atoms with E-state index < -0.39 is 0 Å². The molecule has 3 amide bonds. The number of carbonyl (C=O) groups excluding carboxylic acids is 2. The highest BCUT2D eigenvalue weighted by Crippen LogP contribution is 2.36. The third kappa shape index (κ3) is 4.06. The molecule has 0 spiro atoms. The smallest absolute Gasteiger partial charge is 0.318 e. The van der Waals surface area contributed by atoms with E-state index in [9.17, 15) is 9.59 Å². The van der Waals surface area contributed by atoms with E-state index in [0.29, 0.717) is 6.54 Å². The van der Waals surface area contributed by atoms with E-state index in [-0.39, 0.29) is 24.5 Å². The number of hydrogen-bond donors (Lipinski definition) is 1. The average molecular weight is 345 g/mol. The zero-order valence-electron chi connectivity index (χ0n) is 14.9. The van der Waals surface area contributed by atoms with Crippen molar-refractivity contribution in [3.63, 3.8) is 0 Å². The Balaban J connectivity index is 1.60. The molecule has 2 fully saturated rings. The summed E-state index contributed by atoms with van der Waals surface area (Å²) in [6.45, 7) is 2.39. The van der Waals surface area contributed by atoms with E-state index in [0.717, 1.165) is 50.1 Å². The molecule has 1 aromatic rings. The summed E-state index contributed by atoms with van der Waals surface area (Å²) in [5, 5.41) is 2.81. The van der Waals surface area contributed by atoms with Crippen LogP contribution >= 0.6 is 0 Å². The molecule has 25 heavy (non-hydrogen) atoms. The van der Waals surface area contributed by atoms with E-state index in [4.69, 9.17) is 4.74 Å². The van der Waals surface area contributed by atoms with Gasteiger partial charge in [-0.15, -0.1) is 0 Å². The molecular weight excluding hydrogens is 318 g/mol. The van der Waals surface area contributed by atoms with Gasteiger partial charge in [0.25, 0.3) is 0 Å². The number of nitrogens with one attached hydrogen (secondary N) is 1. The molecule has 0 radical (unpaired) electrons. The summed E-state index contributed by atoms with van der Waals surface area (Å²) in [6.07, 6.45) is 5.16. The number of piperidine rings is 1. The summed E-state index contributed by atoms with van der Waals surface area (Å²) in [5.41, 5.74) is 1.03. The Labute approximate surface area is 149 Å². The molecule has 6 nitrogen and oxygen atoms in total. The molecule has 1 N–H and O–H groups in total. The lowest BCUT2D eigenvalue weighted by molar-refractivity contribution is -0.130. The summed E-state index contributed by atoms with van der Waals surface area (Å²) >= 11 is 0. The fourth-order valence-corrected chi connectivity index (χ4v) is 3.78. The quantitative estimate of drug-likeness (QED) is 0.912. The molecule has 0 saturated carbocycles. The molecule has 2 aliphatic heterocycles. The number of urea groups is 1. The maximum absolute atomic E-state index is 12.6. The van der Waals surface area contributed by atoms with Gasteiger partial charge in [-0.05, 0) is 38.2 Å². The largest absolute Gasteiger partial charge is 0.496 e. The number of benzene rings is 1. The van der Waals surface area contributed by atoms with Crippen LogP contribution in [-0.2, 0) is 4.79 Å². The van der Waals surface area contributed by atoms with Gasteiger partial charge in [0.15, 0.2) is 0 Å². The highest BCUT2D eigenvalue weighted by Gasteiger charge is 2.32. The Morgan fingerprint density at radius 1 is 1.12 bits per heavy atom. The van der Waals surface area contributed by atoms with Gasteiger partial charge in [-0.1, -0.05) is 18.2 Å². The first-order valence-electron chi connectivity index (χ1n) is 9.16. The van der Waals surface area contributed by atoms with Crippen molar-refractivity contribution >= 4 is 11.9 Å². The summed E-state index contributed by atoms with van der Waals surface area (Å²) < 4.78 is 5.44. The molecule has 1 atom stereocenters. The predicted octanol–water partition coefficient (Wildman–Crippen LogP) is 2.55. The fourth-order valence-electron chi connectivity index (χ4n) is 3.78. The predicted molar refractivity (Wildman–Crippen MR) is 95.5 cm³/mol. The van der Waals surface area contributed by atoms with Crippen molar-refractivity contribution in [2.45, 2.75) is 38.1 Å². The van der Waals surface area contributed by atoms with E-state index in [2.05, 4.69) is 5.32 Å². The topological polar surface area (TPSA) is 61.9 Å². The number of methoxy groups -OCH3 is 1. The van der Waals surface area contributed by atoms with Gasteiger partial charge in [-0.2, -0.15) is 0 Å². The van der Waals surface area contributed by atoms with Gasteiger partial charge in [-0.3, -0.25) is 4.79 Å². The second-order valence-corrected chi connectivity index (χ2v) is 6.69. The highest BCUT2D eigenvalue weighted by atomic mass is 16.5. The van der Waals surface area contributed by atoms with Crippen molar-refractivity contribution in [3.8, 4) is 5.75 Å². The lowest BCUT2D eigenvalue weighted by Crippen LogP contribution is -2.46. The number of amides is 3. The molecule has 0 bridgehead atoms. The standard InChI is InChI=1S/C19H27N3O3/c1-25-17-10-4-3-8-15(17)16-9-7-13-22(16)19(24)20-14-18(23)21-11-5-2-6-12-21/h3-4,8,10,16H,2,5-7,9,11-14H2,1H3,(H,20,24). The first-order valence-corrected chi connectivity index (χ1v) is 9.16. The minimum Gasteiger partial charge on any atom is -0.496 e. The van der Waals surface area contributed by atoms with Crippen LogP contribution in [-0.4, -0.2) is 55.0 Å². The number of nitrogens with zero attached hydrogens (tertiary/aromatic N) is 2. The fraction of sp³-hybridized carbons (Fsp3) is 0.579. The van der Waals surface area contributed by atoms with E-state index in [1.54, 1.807) is 7.11 Å². The highest BCUT2D eigenvalue weighted by molar-refractivity contribution is 5.84. The summed E-state index contributed by atoms with van der Waals surface area (Å²) in [6, 6.07) is 7.66. The van der Waals surface area contributed by atoms with Gasteiger partial charge in [-0.25, -0.2) is 4.79 Å². The van der Waals surface area contributed by atoms with Crippen molar-refractivity contribution in [3.05, 3.63) is 29.8 Å². The lowest BCUT2D eigenvalue weighted by atomic mass is 10.0. The number of carbonyl (C=O) groups is 2. The zero-order valence-corrected chi connectivity index (χ0v) is 14.9. The first-order chi connectivity index (χ1) is 12.2. The maximum atomic E-state index is 12.6. The minimum absolute atomic E-state index is 0.00115. The molecule has 2 heterocycles. The normalized spacial score (nSPS) is 20.4. The van der Waals surface area contributed by atoms with Crippen LogP contribution in [0.2, 0.25) is 0 Å². The second kappa shape index (κ2) is 8.23. The van der Waals surface area contributed by atoms with Crippen LogP contribution < -0.4 is 10.1 Å². The molecule has 1 unspecified atom stereocenters. The van der Waals surface area contributed by atoms with Gasteiger partial charge < -0.3 is 19.9 Å². The van der Waals surface area contributed by atoms with Gasteiger partial charge in [0.05, 0.1) is 19.7 Å². The van der Waals surface area contributed by atoms with Gasteiger partial charge in [0.1, 0.15) is 5.75 Å². The van der Waals surface area contributed by atoms with E-state index in [1.807, 2.05) is 34.1 Å². The summed E-state index contributed by atoms with van der Waals surface area (Å²) in [7, 11) is 1.65. The summed E-state index contributed by atoms with van der Waals surface area (Å²) in [5.74, 6) is 0.817. The third-order valence-electron chi connectivity index (χ3n) is 5.11. The van der Waals surface area contributed by atoms with Crippen molar-refractivity contribution < 1.29 is 14.3 Å². The lowest BCUT2D eigenvalue weighted by Gasteiger charge is -2.29. The SMILES string of the molecule is COc1ccccc1C1CCCN1C(=O)NCC(=O)N1CCCCC1. The number of rotatable bonds is 4. The Kier molecular flexibility index (Phi) is 5.79. The van der Waals surface area contributed by atoms with Crippen molar-refractivity contribution in [2.24, 2.45) is 0 Å². The van der Waals surface area contributed by atoms with Crippen LogP contribution in [0, 0.1) is 0 Å². The molecule has 2 aliphatic rings. The van der Waals surface area contributed by atoms with Gasteiger partial charge >= 0.3 is 6.03 Å². The van der Waals surface area contributed by atoms with Crippen LogP contribution in [0.3, 0.4) is 0 Å². The van der Waals surface area contributed by atoms with Gasteiger partial charge in [0.2, 0.25) is 5.91 Å². The number of hydrogen-bond acceptors (Lipinski definition) is 3. The van der Waals surface area contributed by atoms with Crippen molar-refractivity contribution in [1.29, 1.82) is 0 Å². The van der Waals surface area contributed by atoms with Crippen LogP contribution in [0.5, 0.6) is 5.75 Å². The zero-order chi connectivity index (χ0) is 17.6. The van der Waals surface area contributed by atoms with E-state index in [1.165, 1.54) is 6.42 Å². The minimum atomic E-state index is -0.168. The Morgan fingerprint density at radius 3 is 2.64 bits per heavy atom. The molecule has 0 aromatic heterocycles. The molecule has 2 saturated heterocycles. The molecular formula is C19H27N3O3. The van der Waals surface area contributed by atoms with Crippen LogP contribution in [0.1, 0.15) is 43.7 Å². The van der Waals surface area contributed by atoms with Crippen LogP contribution in [0.15, 0.2) is 24.3 Å². The number of likely N-dealkylation sites (tertiary alicyclic amines) is 2. The number of ether oxygens (including phenoxy) is 1. The average Bonchev–Trinajstić information content (AvgIpc) is 3.16. The Bertz CT molecular complexity index is 614. The van der Waals surface area contributed by atoms with Crippen LogP contribution in [0.4, 0.5) is 4.79 Å². The Hall–Kier alpha value is -2.24. The molecule has 0 aliphatic carbocycles. The molecule has 6 heteroatoms. The monoisotopic (exact) mass is 345 g/mol. The number of para-hydroxylation sites is 1. The maximum Gasteiger partial charge on any atom is 0.318 e. The molecule has 136 valence electrons. The third-order valence-corrected chi connectivity index (χ3v) is 5.11. The second-order valence-electron chi connectivity index (χ2n) is 6.69. The first kappa shape index (κ1) is 17.6. The van der Waals surface area contributed by atoms with Gasteiger partial charge in [0, 0.05) is 25.2 Å². The molecule has 1 aromatic carbocycles.